The van der Waals surface area contributed by atoms with Gasteiger partial charge >= 0.3 is 0 Å². The smallest absolute Gasteiger partial charge is 0.122 e. The summed E-state index contributed by atoms with van der Waals surface area (Å²) in [4.78, 5) is 0. The van der Waals surface area contributed by atoms with Crippen LogP contribution in [-0.2, 0) is 6.54 Å². The van der Waals surface area contributed by atoms with Crippen molar-refractivity contribution < 1.29 is 4.74 Å². The zero-order valence-electron chi connectivity index (χ0n) is 11.9. The highest BCUT2D eigenvalue weighted by atomic mass is 16.5. The molecular formula is C15H24N2O. The van der Waals surface area contributed by atoms with Gasteiger partial charge in [0.05, 0.1) is 7.11 Å². The van der Waals surface area contributed by atoms with E-state index in [0.717, 1.165) is 25.4 Å². The summed E-state index contributed by atoms with van der Waals surface area (Å²) in [5.74, 6) is 0.997. The van der Waals surface area contributed by atoms with Crippen molar-refractivity contribution >= 4 is 0 Å². The third-order valence-corrected chi connectivity index (χ3v) is 4.06. The highest BCUT2D eigenvalue weighted by Gasteiger charge is 2.15. The van der Waals surface area contributed by atoms with Crippen LogP contribution in [-0.4, -0.2) is 26.2 Å². The highest BCUT2D eigenvalue weighted by molar-refractivity contribution is 5.48. The number of benzene rings is 1. The molecule has 3 heteroatoms. The van der Waals surface area contributed by atoms with Gasteiger partial charge in [-0.1, -0.05) is 0 Å². The molecule has 1 atom stereocenters. The Kier molecular flexibility index (Phi) is 4.25. The van der Waals surface area contributed by atoms with Crippen molar-refractivity contribution in [3.05, 3.63) is 28.3 Å². The van der Waals surface area contributed by atoms with Gasteiger partial charge in [0.15, 0.2) is 0 Å². The molecule has 0 bridgehead atoms. The molecule has 1 saturated heterocycles. The van der Waals surface area contributed by atoms with Gasteiger partial charge in [0.1, 0.15) is 5.75 Å². The van der Waals surface area contributed by atoms with E-state index in [-0.39, 0.29) is 0 Å². The summed E-state index contributed by atoms with van der Waals surface area (Å²) in [7, 11) is 1.74. The third-order valence-electron chi connectivity index (χ3n) is 4.06. The Bertz CT molecular complexity index is 423. The second-order valence-corrected chi connectivity index (χ2v) is 5.19. The number of hydrogen-bond acceptors (Lipinski definition) is 3. The molecule has 1 aliphatic rings. The lowest BCUT2D eigenvalue weighted by Crippen LogP contribution is -2.31. The summed E-state index contributed by atoms with van der Waals surface area (Å²) in [5, 5.41) is 7.03. The molecule has 1 unspecified atom stereocenters. The van der Waals surface area contributed by atoms with Crippen molar-refractivity contribution in [2.24, 2.45) is 0 Å². The van der Waals surface area contributed by atoms with Gasteiger partial charge in [0, 0.05) is 19.1 Å². The highest BCUT2D eigenvalue weighted by Crippen LogP contribution is 2.27. The molecule has 1 aliphatic heterocycles. The first-order valence-corrected chi connectivity index (χ1v) is 6.71. The average Bonchev–Trinajstić information content (AvgIpc) is 2.86. The number of hydrogen-bond donors (Lipinski definition) is 2. The summed E-state index contributed by atoms with van der Waals surface area (Å²) >= 11 is 0. The Morgan fingerprint density at radius 2 is 2.11 bits per heavy atom. The van der Waals surface area contributed by atoms with E-state index in [1.165, 1.54) is 28.7 Å². The first-order chi connectivity index (χ1) is 8.63. The van der Waals surface area contributed by atoms with E-state index in [9.17, 15) is 0 Å². The van der Waals surface area contributed by atoms with Crippen molar-refractivity contribution in [1.29, 1.82) is 0 Å². The fourth-order valence-electron chi connectivity index (χ4n) is 2.66. The van der Waals surface area contributed by atoms with E-state index in [1.807, 2.05) is 0 Å². The molecular weight excluding hydrogens is 224 g/mol. The number of nitrogens with one attached hydrogen (secondary N) is 2. The maximum absolute atomic E-state index is 5.41. The Hall–Kier alpha value is -1.06. The van der Waals surface area contributed by atoms with Gasteiger partial charge in [0.25, 0.3) is 0 Å². The largest absolute Gasteiger partial charge is 0.496 e. The van der Waals surface area contributed by atoms with E-state index < -0.39 is 0 Å². The zero-order chi connectivity index (χ0) is 13.1. The first kappa shape index (κ1) is 13.4. The summed E-state index contributed by atoms with van der Waals surface area (Å²) in [6.45, 7) is 9.67. The molecule has 100 valence electrons. The lowest BCUT2D eigenvalue weighted by molar-refractivity contribution is 0.410. The fraction of sp³-hybridized carbons (Fsp3) is 0.600. The molecule has 0 amide bonds. The quantitative estimate of drug-likeness (QED) is 0.856. The number of methoxy groups -OCH3 is 1. The minimum Gasteiger partial charge on any atom is -0.496 e. The van der Waals surface area contributed by atoms with E-state index in [0.29, 0.717) is 6.04 Å². The minimum absolute atomic E-state index is 0.617. The van der Waals surface area contributed by atoms with Crippen molar-refractivity contribution in [1.82, 2.24) is 10.6 Å². The average molecular weight is 248 g/mol. The molecule has 0 aromatic heterocycles. The lowest BCUT2D eigenvalue weighted by atomic mass is 9.97. The van der Waals surface area contributed by atoms with Crippen molar-refractivity contribution in [2.45, 2.75) is 39.8 Å². The van der Waals surface area contributed by atoms with Gasteiger partial charge in [-0.2, -0.15) is 0 Å². The zero-order valence-corrected chi connectivity index (χ0v) is 11.9. The second kappa shape index (κ2) is 5.72. The monoisotopic (exact) mass is 248 g/mol. The molecule has 18 heavy (non-hydrogen) atoms. The van der Waals surface area contributed by atoms with E-state index in [2.05, 4.69) is 37.5 Å². The molecule has 1 fully saturated rings. The molecule has 3 nitrogen and oxygen atoms in total. The van der Waals surface area contributed by atoms with Crippen LogP contribution >= 0.6 is 0 Å². The lowest BCUT2D eigenvalue weighted by Gasteiger charge is -2.18. The fourth-order valence-corrected chi connectivity index (χ4v) is 2.66. The predicted octanol–water partition coefficient (Wildman–Crippen LogP) is 2.07. The Morgan fingerprint density at radius 3 is 2.72 bits per heavy atom. The second-order valence-electron chi connectivity index (χ2n) is 5.19. The molecule has 1 aromatic carbocycles. The van der Waals surface area contributed by atoms with Crippen LogP contribution in [0.5, 0.6) is 5.75 Å². The number of rotatable bonds is 4. The molecule has 0 radical (unpaired) electrons. The minimum atomic E-state index is 0.617. The SMILES string of the molecule is COc1cc(C)c(CNC2CCNC2)c(C)c1C. The van der Waals surface area contributed by atoms with Crippen LogP contribution in [0.25, 0.3) is 0 Å². The summed E-state index contributed by atoms with van der Waals surface area (Å²) in [6, 6.07) is 2.76. The van der Waals surface area contributed by atoms with Crippen LogP contribution in [0.1, 0.15) is 28.7 Å². The van der Waals surface area contributed by atoms with Crippen molar-refractivity contribution in [3.63, 3.8) is 0 Å². The molecule has 1 aromatic rings. The van der Waals surface area contributed by atoms with Crippen molar-refractivity contribution in [3.8, 4) is 5.75 Å². The normalized spacial score (nSPS) is 19.2. The Labute approximate surface area is 110 Å². The van der Waals surface area contributed by atoms with Crippen molar-refractivity contribution in [2.75, 3.05) is 20.2 Å². The maximum Gasteiger partial charge on any atom is 0.122 e. The topological polar surface area (TPSA) is 33.3 Å². The Balaban J connectivity index is 2.14. The van der Waals surface area contributed by atoms with Crippen LogP contribution in [0.15, 0.2) is 6.07 Å². The van der Waals surface area contributed by atoms with Gasteiger partial charge in [-0.25, -0.2) is 0 Å². The number of ether oxygens (including phenoxy) is 1. The van der Waals surface area contributed by atoms with Gasteiger partial charge < -0.3 is 15.4 Å². The van der Waals surface area contributed by atoms with E-state index >= 15 is 0 Å². The third kappa shape index (κ3) is 2.68. The standard InChI is InChI=1S/C15H24N2O/c1-10-7-15(18-4)12(3)11(2)14(10)9-17-13-5-6-16-8-13/h7,13,16-17H,5-6,8-9H2,1-4H3. The molecule has 0 saturated carbocycles. The van der Waals surface area contributed by atoms with Gasteiger partial charge in [-0.3, -0.25) is 0 Å². The number of aryl methyl sites for hydroxylation is 1. The van der Waals surface area contributed by atoms with E-state index in [1.54, 1.807) is 7.11 Å². The van der Waals surface area contributed by atoms with Gasteiger partial charge in [-0.05, 0) is 62.1 Å². The summed E-state index contributed by atoms with van der Waals surface area (Å²) in [6.07, 6.45) is 1.23. The van der Waals surface area contributed by atoms with Gasteiger partial charge in [0.2, 0.25) is 0 Å². The summed E-state index contributed by atoms with van der Waals surface area (Å²) in [5.41, 5.74) is 5.34. The van der Waals surface area contributed by atoms with Crippen LogP contribution in [0.3, 0.4) is 0 Å². The van der Waals surface area contributed by atoms with Crippen LogP contribution in [0.2, 0.25) is 0 Å². The first-order valence-electron chi connectivity index (χ1n) is 6.71. The molecule has 0 aliphatic carbocycles. The van der Waals surface area contributed by atoms with E-state index in [4.69, 9.17) is 4.74 Å². The molecule has 0 spiro atoms. The Morgan fingerprint density at radius 1 is 1.33 bits per heavy atom. The summed E-state index contributed by atoms with van der Waals surface area (Å²) < 4.78 is 5.41. The predicted molar refractivity (Wildman–Crippen MR) is 75.3 cm³/mol. The van der Waals surface area contributed by atoms with Crippen LogP contribution < -0.4 is 15.4 Å². The van der Waals surface area contributed by atoms with Crippen LogP contribution in [0.4, 0.5) is 0 Å². The maximum atomic E-state index is 5.41. The molecule has 2 rings (SSSR count). The van der Waals surface area contributed by atoms with Gasteiger partial charge in [-0.15, -0.1) is 0 Å². The molecule has 1 heterocycles. The molecule has 2 N–H and O–H groups in total. The van der Waals surface area contributed by atoms with Crippen LogP contribution in [0, 0.1) is 20.8 Å².